The molecule has 0 aliphatic heterocycles. The molecule has 0 aromatic heterocycles. The zero-order valence-electron chi connectivity index (χ0n) is 13.8. The maximum atomic E-state index is 12.5. The monoisotopic (exact) mass is 352 g/mol. The topological polar surface area (TPSA) is 52.6 Å². The van der Waals surface area contributed by atoms with Gasteiger partial charge in [-0.1, -0.05) is 12.1 Å². The number of aliphatic hydroxyl groups excluding tert-OH is 1. The first-order valence-corrected chi connectivity index (χ1v) is 7.59. The molecule has 25 heavy (non-hydrogen) atoms. The van der Waals surface area contributed by atoms with E-state index in [-0.39, 0.29) is 12.5 Å². The van der Waals surface area contributed by atoms with E-state index in [9.17, 15) is 23.1 Å². The third-order valence-corrected chi connectivity index (χ3v) is 3.72. The summed E-state index contributed by atoms with van der Waals surface area (Å²) in [6, 6.07) is 11.1. The number of halogens is 3. The van der Waals surface area contributed by atoms with Crippen LogP contribution in [0.5, 0.6) is 0 Å². The normalized spacial score (nSPS) is 12.6. The zero-order valence-corrected chi connectivity index (χ0v) is 13.8. The van der Waals surface area contributed by atoms with Gasteiger partial charge in [-0.05, 0) is 42.0 Å². The Bertz CT molecular complexity index is 711. The fourth-order valence-electron chi connectivity index (χ4n) is 2.21. The Morgan fingerprint density at radius 2 is 1.64 bits per heavy atom. The lowest BCUT2D eigenvalue weighted by molar-refractivity contribution is -0.137. The van der Waals surface area contributed by atoms with E-state index in [1.807, 2.05) is 19.0 Å². The molecule has 0 radical (unpaired) electrons. The van der Waals surface area contributed by atoms with E-state index in [1.54, 1.807) is 24.3 Å². The largest absolute Gasteiger partial charge is 0.416 e. The number of nitrogens with one attached hydrogen (secondary N) is 1. The molecule has 4 nitrogen and oxygen atoms in total. The molecule has 134 valence electrons. The van der Waals surface area contributed by atoms with Gasteiger partial charge in [0.15, 0.2) is 0 Å². The molecule has 1 atom stereocenters. The number of rotatable bonds is 5. The Morgan fingerprint density at radius 1 is 1.08 bits per heavy atom. The summed E-state index contributed by atoms with van der Waals surface area (Å²) in [7, 11) is 3.77. The Kier molecular flexibility index (Phi) is 5.69. The Balaban J connectivity index is 1.94. The molecule has 7 heteroatoms. The minimum Gasteiger partial charge on any atom is -0.387 e. The molecule has 0 saturated carbocycles. The Hall–Kier alpha value is -2.54. The van der Waals surface area contributed by atoms with E-state index in [4.69, 9.17) is 0 Å². The zero-order chi connectivity index (χ0) is 18.6. The molecule has 0 aliphatic rings. The Labute approximate surface area is 143 Å². The fraction of sp³-hybridized carbons (Fsp3) is 0.278. The number of amides is 1. The third kappa shape index (κ3) is 4.96. The SMILES string of the molecule is CN(C)c1ccc(C(=O)NCC(O)c2ccc(C(F)(F)F)cc2)cc1. The molecule has 1 unspecified atom stereocenters. The average Bonchev–Trinajstić information content (AvgIpc) is 2.58. The van der Waals surface area contributed by atoms with E-state index >= 15 is 0 Å². The van der Waals surface area contributed by atoms with Crippen molar-refractivity contribution in [1.29, 1.82) is 0 Å². The molecular formula is C18H19F3N2O2. The second-order valence-corrected chi connectivity index (χ2v) is 5.79. The van der Waals surface area contributed by atoms with Crippen molar-refractivity contribution in [2.75, 3.05) is 25.5 Å². The average molecular weight is 352 g/mol. The van der Waals surface area contributed by atoms with E-state index < -0.39 is 17.8 Å². The molecule has 0 heterocycles. The van der Waals surface area contributed by atoms with Crippen molar-refractivity contribution in [3.05, 3.63) is 65.2 Å². The predicted molar refractivity (Wildman–Crippen MR) is 89.5 cm³/mol. The van der Waals surface area contributed by atoms with Gasteiger partial charge in [0.2, 0.25) is 0 Å². The third-order valence-electron chi connectivity index (χ3n) is 3.72. The number of anilines is 1. The van der Waals surface area contributed by atoms with Crippen LogP contribution in [0.1, 0.15) is 27.6 Å². The van der Waals surface area contributed by atoms with Crippen LogP contribution in [0.4, 0.5) is 18.9 Å². The number of benzene rings is 2. The van der Waals surface area contributed by atoms with Crippen LogP contribution in [-0.2, 0) is 6.18 Å². The van der Waals surface area contributed by atoms with Crippen molar-refractivity contribution in [2.24, 2.45) is 0 Å². The molecule has 0 fully saturated rings. The maximum Gasteiger partial charge on any atom is 0.416 e. The second-order valence-electron chi connectivity index (χ2n) is 5.79. The lowest BCUT2D eigenvalue weighted by Gasteiger charge is -2.15. The molecule has 2 N–H and O–H groups in total. The van der Waals surface area contributed by atoms with Crippen molar-refractivity contribution in [3.8, 4) is 0 Å². The van der Waals surface area contributed by atoms with Crippen LogP contribution >= 0.6 is 0 Å². The van der Waals surface area contributed by atoms with Gasteiger partial charge in [0.05, 0.1) is 11.7 Å². The first-order valence-electron chi connectivity index (χ1n) is 7.59. The number of aliphatic hydroxyl groups is 1. The van der Waals surface area contributed by atoms with Gasteiger partial charge >= 0.3 is 6.18 Å². The predicted octanol–water partition coefficient (Wildman–Crippen LogP) is 3.23. The first-order chi connectivity index (χ1) is 11.7. The number of hydrogen-bond donors (Lipinski definition) is 2. The summed E-state index contributed by atoms with van der Waals surface area (Å²) >= 11 is 0. The lowest BCUT2D eigenvalue weighted by Crippen LogP contribution is -2.28. The van der Waals surface area contributed by atoms with Crippen LogP contribution in [0.3, 0.4) is 0 Å². The number of hydrogen-bond acceptors (Lipinski definition) is 3. The molecule has 0 saturated heterocycles. The summed E-state index contributed by atoms with van der Waals surface area (Å²) in [5.74, 6) is -0.365. The highest BCUT2D eigenvalue weighted by molar-refractivity contribution is 5.94. The van der Waals surface area contributed by atoms with Gasteiger partial charge in [-0.3, -0.25) is 4.79 Å². The maximum absolute atomic E-state index is 12.5. The van der Waals surface area contributed by atoms with Crippen molar-refractivity contribution in [1.82, 2.24) is 5.32 Å². The molecule has 2 aromatic rings. The summed E-state index contributed by atoms with van der Waals surface area (Å²) in [6.07, 6.45) is -5.51. The Morgan fingerprint density at radius 3 is 2.12 bits per heavy atom. The summed E-state index contributed by atoms with van der Waals surface area (Å²) in [6.45, 7) is -0.0976. The minimum atomic E-state index is -4.42. The van der Waals surface area contributed by atoms with Crippen molar-refractivity contribution in [3.63, 3.8) is 0 Å². The van der Waals surface area contributed by atoms with Crippen molar-refractivity contribution >= 4 is 11.6 Å². The molecule has 0 bridgehead atoms. The smallest absolute Gasteiger partial charge is 0.387 e. The molecule has 2 aromatic carbocycles. The van der Waals surface area contributed by atoms with E-state index in [0.717, 1.165) is 17.8 Å². The number of alkyl halides is 3. The lowest BCUT2D eigenvalue weighted by atomic mass is 10.1. The minimum absolute atomic E-state index is 0.0976. The fourth-order valence-corrected chi connectivity index (χ4v) is 2.21. The molecular weight excluding hydrogens is 333 g/mol. The molecule has 1 amide bonds. The van der Waals surface area contributed by atoms with Crippen molar-refractivity contribution < 1.29 is 23.1 Å². The highest BCUT2D eigenvalue weighted by Crippen LogP contribution is 2.29. The van der Waals surface area contributed by atoms with E-state index in [0.29, 0.717) is 11.1 Å². The van der Waals surface area contributed by atoms with E-state index in [2.05, 4.69) is 5.32 Å². The first kappa shape index (κ1) is 18.8. The van der Waals surface area contributed by atoms with Crippen LogP contribution < -0.4 is 10.2 Å². The van der Waals surface area contributed by atoms with Crippen LogP contribution in [0.25, 0.3) is 0 Å². The van der Waals surface area contributed by atoms with Gasteiger partial charge in [-0.15, -0.1) is 0 Å². The number of nitrogens with zero attached hydrogens (tertiary/aromatic N) is 1. The highest BCUT2D eigenvalue weighted by atomic mass is 19.4. The molecule has 2 rings (SSSR count). The molecule has 0 aliphatic carbocycles. The van der Waals surface area contributed by atoms with Crippen LogP contribution in [0.15, 0.2) is 48.5 Å². The summed E-state index contributed by atoms with van der Waals surface area (Å²) in [5.41, 5.74) is 0.899. The van der Waals surface area contributed by atoms with Gasteiger partial charge in [0.25, 0.3) is 5.91 Å². The van der Waals surface area contributed by atoms with Crippen LogP contribution in [0.2, 0.25) is 0 Å². The quantitative estimate of drug-likeness (QED) is 0.869. The van der Waals surface area contributed by atoms with Gasteiger partial charge in [-0.25, -0.2) is 0 Å². The summed E-state index contributed by atoms with van der Waals surface area (Å²) in [4.78, 5) is 14.0. The van der Waals surface area contributed by atoms with Crippen LogP contribution in [0, 0.1) is 0 Å². The molecule has 0 spiro atoms. The summed E-state index contributed by atoms with van der Waals surface area (Å²) in [5, 5.41) is 12.6. The van der Waals surface area contributed by atoms with Gasteiger partial charge in [0.1, 0.15) is 0 Å². The van der Waals surface area contributed by atoms with Crippen LogP contribution in [-0.4, -0.2) is 31.7 Å². The highest BCUT2D eigenvalue weighted by Gasteiger charge is 2.30. The van der Waals surface area contributed by atoms with Gasteiger partial charge in [0, 0.05) is 31.9 Å². The standard InChI is InChI=1S/C18H19F3N2O2/c1-23(2)15-9-5-13(6-10-15)17(25)22-11-16(24)12-3-7-14(8-4-12)18(19,20)21/h3-10,16,24H,11H2,1-2H3,(H,22,25). The van der Waals surface area contributed by atoms with Gasteiger partial charge in [-0.2, -0.15) is 13.2 Å². The van der Waals surface area contributed by atoms with Crippen molar-refractivity contribution in [2.45, 2.75) is 12.3 Å². The second kappa shape index (κ2) is 7.57. The number of carbonyl (C=O) groups excluding carboxylic acids is 1. The van der Waals surface area contributed by atoms with Gasteiger partial charge < -0.3 is 15.3 Å². The van der Waals surface area contributed by atoms with E-state index in [1.165, 1.54) is 12.1 Å². The number of carbonyl (C=O) groups is 1. The summed E-state index contributed by atoms with van der Waals surface area (Å²) < 4.78 is 37.6.